The highest BCUT2D eigenvalue weighted by Gasteiger charge is 2.29. The fraction of sp³-hybridized carbons (Fsp3) is 0.269. The molecule has 0 aromatic heterocycles. The molecular formula is C26H27BrFN3O3S. The maximum atomic E-state index is 13.4. The van der Waals surface area contributed by atoms with Gasteiger partial charge in [-0.3, -0.25) is 4.79 Å². The van der Waals surface area contributed by atoms with Crippen molar-refractivity contribution in [1.29, 1.82) is 0 Å². The zero-order valence-electron chi connectivity index (χ0n) is 19.2. The second-order valence-electron chi connectivity index (χ2n) is 8.37. The monoisotopic (exact) mass is 559 g/mol. The summed E-state index contributed by atoms with van der Waals surface area (Å²) in [5.41, 5.74) is 1.91. The number of carbonyl (C=O) groups is 1. The van der Waals surface area contributed by atoms with Crippen molar-refractivity contribution in [3.05, 3.63) is 94.7 Å². The Labute approximate surface area is 214 Å². The van der Waals surface area contributed by atoms with E-state index in [2.05, 4.69) is 20.8 Å². The molecule has 0 aliphatic carbocycles. The van der Waals surface area contributed by atoms with Crippen LogP contribution in [0, 0.1) is 5.82 Å². The number of hydrogen-bond acceptors (Lipinski definition) is 4. The maximum Gasteiger partial charge on any atom is 0.243 e. The Balaban J connectivity index is 1.45. The largest absolute Gasteiger partial charge is 0.368 e. The van der Waals surface area contributed by atoms with Crippen LogP contribution >= 0.6 is 15.9 Å². The third-order valence-corrected chi connectivity index (χ3v) is 8.47. The van der Waals surface area contributed by atoms with E-state index in [0.29, 0.717) is 32.6 Å². The van der Waals surface area contributed by atoms with Gasteiger partial charge in [-0.25, -0.2) is 12.8 Å². The van der Waals surface area contributed by atoms with Gasteiger partial charge in [0.25, 0.3) is 0 Å². The topological polar surface area (TPSA) is 60.9 Å². The van der Waals surface area contributed by atoms with Gasteiger partial charge in [-0.2, -0.15) is 4.31 Å². The summed E-state index contributed by atoms with van der Waals surface area (Å²) in [6, 6.07) is 22.4. The van der Waals surface area contributed by atoms with Crippen LogP contribution in [0.3, 0.4) is 0 Å². The van der Waals surface area contributed by atoms with E-state index in [-0.39, 0.29) is 29.7 Å². The molecule has 0 bridgehead atoms. The second kappa shape index (κ2) is 11.3. The number of nitrogens with zero attached hydrogens (tertiary/aromatic N) is 3. The molecular weight excluding hydrogens is 533 g/mol. The predicted molar refractivity (Wildman–Crippen MR) is 138 cm³/mol. The van der Waals surface area contributed by atoms with Gasteiger partial charge in [0.15, 0.2) is 0 Å². The van der Waals surface area contributed by atoms with Crippen LogP contribution in [-0.2, 0) is 21.2 Å². The Morgan fingerprint density at radius 3 is 2.14 bits per heavy atom. The van der Waals surface area contributed by atoms with Crippen molar-refractivity contribution in [2.45, 2.75) is 11.3 Å². The van der Waals surface area contributed by atoms with Crippen LogP contribution in [0.25, 0.3) is 0 Å². The van der Waals surface area contributed by atoms with Crippen molar-refractivity contribution in [2.24, 2.45) is 0 Å². The standard InChI is InChI=1S/C26H27BrFN3O3S/c27-22-6-12-25(13-7-22)35(33,34)31(15-14-21-4-2-1-3-5-21)20-26(32)30-18-16-29(17-19-30)24-10-8-23(28)9-11-24/h1-13H,14-20H2. The van der Waals surface area contributed by atoms with Crippen molar-refractivity contribution in [3.63, 3.8) is 0 Å². The van der Waals surface area contributed by atoms with E-state index in [9.17, 15) is 17.6 Å². The number of sulfonamides is 1. The first-order valence-electron chi connectivity index (χ1n) is 11.4. The molecule has 0 radical (unpaired) electrons. The van der Waals surface area contributed by atoms with Crippen LogP contribution in [-0.4, -0.2) is 62.8 Å². The summed E-state index contributed by atoms with van der Waals surface area (Å²) < 4.78 is 42.2. The Morgan fingerprint density at radius 1 is 0.886 bits per heavy atom. The second-order valence-corrected chi connectivity index (χ2v) is 11.2. The summed E-state index contributed by atoms with van der Waals surface area (Å²) in [5.74, 6) is -0.511. The molecule has 35 heavy (non-hydrogen) atoms. The van der Waals surface area contributed by atoms with Crippen LogP contribution in [0.4, 0.5) is 10.1 Å². The predicted octanol–water partition coefficient (Wildman–Crippen LogP) is 4.17. The van der Waals surface area contributed by atoms with Crippen LogP contribution in [0.5, 0.6) is 0 Å². The molecule has 0 unspecified atom stereocenters. The highest BCUT2D eigenvalue weighted by atomic mass is 79.9. The van der Waals surface area contributed by atoms with Crippen molar-refractivity contribution < 1.29 is 17.6 Å². The normalized spacial score (nSPS) is 14.4. The molecule has 1 amide bonds. The molecule has 4 rings (SSSR count). The Bertz CT molecular complexity index is 1230. The number of halogens is 2. The highest BCUT2D eigenvalue weighted by molar-refractivity contribution is 9.10. The molecule has 3 aromatic carbocycles. The number of rotatable bonds is 8. The summed E-state index contributed by atoms with van der Waals surface area (Å²) in [6.45, 7) is 2.12. The summed E-state index contributed by atoms with van der Waals surface area (Å²) >= 11 is 3.34. The zero-order valence-corrected chi connectivity index (χ0v) is 21.6. The van der Waals surface area contributed by atoms with Gasteiger partial charge in [-0.15, -0.1) is 0 Å². The number of hydrogen-bond donors (Lipinski definition) is 0. The minimum Gasteiger partial charge on any atom is -0.368 e. The molecule has 3 aromatic rings. The quantitative estimate of drug-likeness (QED) is 0.415. The number of piperazine rings is 1. The molecule has 9 heteroatoms. The van der Waals surface area contributed by atoms with Crippen molar-refractivity contribution in [3.8, 4) is 0 Å². The number of anilines is 1. The van der Waals surface area contributed by atoms with E-state index in [0.717, 1.165) is 15.7 Å². The van der Waals surface area contributed by atoms with Gasteiger partial charge in [0.05, 0.1) is 11.4 Å². The lowest BCUT2D eigenvalue weighted by Gasteiger charge is -2.37. The van der Waals surface area contributed by atoms with E-state index >= 15 is 0 Å². The maximum absolute atomic E-state index is 13.4. The number of carbonyl (C=O) groups excluding carboxylic acids is 1. The molecule has 0 atom stereocenters. The van der Waals surface area contributed by atoms with Crippen LogP contribution in [0.2, 0.25) is 0 Å². The molecule has 1 fully saturated rings. The molecule has 6 nitrogen and oxygen atoms in total. The molecule has 0 saturated carbocycles. The Hall–Kier alpha value is -2.75. The van der Waals surface area contributed by atoms with Gasteiger partial charge in [0, 0.05) is 42.9 Å². The van der Waals surface area contributed by atoms with E-state index in [1.54, 1.807) is 41.3 Å². The lowest BCUT2D eigenvalue weighted by molar-refractivity contribution is -0.131. The minimum atomic E-state index is -3.86. The summed E-state index contributed by atoms with van der Waals surface area (Å²) in [4.78, 5) is 17.1. The smallest absolute Gasteiger partial charge is 0.243 e. The molecule has 0 spiro atoms. The molecule has 1 aliphatic heterocycles. The molecule has 1 heterocycles. The van der Waals surface area contributed by atoms with Gasteiger partial charge >= 0.3 is 0 Å². The zero-order chi connectivity index (χ0) is 24.8. The van der Waals surface area contributed by atoms with E-state index in [1.165, 1.54) is 16.4 Å². The minimum absolute atomic E-state index is 0.155. The Kier molecular flexibility index (Phi) is 8.20. The first kappa shape index (κ1) is 25.3. The number of amides is 1. The van der Waals surface area contributed by atoms with Crippen molar-refractivity contribution >= 4 is 37.5 Å². The van der Waals surface area contributed by atoms with Gasteiger partial charge < -0.3 is 9.80 Å². The van der Waals surface area contributed by atoms with Gasteiger partial charge in [0.1, 0.15) is 5.82 Å². The fourth-order valence-corrected chi connectivity index (χ4v) is 5.71. The third kappa shape index (κ3) is 6.48. The molecule has 0 N–H and O–H groups in total. The van der Waals surface area contributed by atoms with E-state index in [1.807, 2.05) is 30.3 Å². The fourth-order valence-electron chi connectivity index (χ4n) is 4.06. The summed E-state index contributed by atoms with van der Waals surface area (Å²) in [5, 5.41) is 0. The first-order valence-corrected chi connectivity index (χ1v) is 13.6. The SMILES string of the molecule is O=C(CN(CCc1ccccc1)S(=O)(=O)c1ccc(Br)cc1)N1CCN(c2ccc(F)cc2)CC1. The average Bonchev–Trinajstić information content (AvgIpc) is 2.88. The lowest BCUT2D eigenvalue weighted by Crippen LogP contribution is -2.52. The Morgan fingerprint density at radius 2 is 1.51 bits per heavy atom. The summed E-state index contributed by atoms with van der Waals surface area (Å²) in [6.07, 6.45) is 0.502. The van der Waals surface area contributed by atoms with Crippen LogP contribution < -0.4 is 4.90 Å². The lowest BCUT2D eigenvalue weighted by atomic mass is 10.1. The molecule has 1 aliphatic rings. The van der Waals surface area contributed by atoms with Crippen molar-refractivity contribution in [2.75, 3.05) is 44.2 Å². The van der Waals surface area contributed by atoms with Crippen molar-refractivity contribution in [1.82, 2.24) is 9.21 Å². The third-order valence-electron chi connectivity index (χ3n) is 6.08. The van der Waals surface area contributed by atoms with Gasteiger partial charge in [-0.1, -0.05) is 46.3 Å². The highest BCUT2D eigenvalue weighted by Crippen LogP contribution is 2.21. The van der Waals surface area contributed by atoms with Crippen LogP contribution in [0.1, 0.15) is 5.56 Å². The molecule has 1 saturated heterocycles. The van der Waals surface area contributed by atoms with E-state index < -0.39 is 10.0 Å². The summed E-state index contributed by atoms with van der Waals surface area (Å²) in [7, 11) is -3.86. The van der Waals surface area contributed by atoms with Crippen LogP contribution in [0.15, 0.2) is 88.2 Å². The molecule has 184 valence electrons. The van der Waals surface area contributed by atoms with E-state index in [4.69, 9.17) is 0 Å². The van der Waals surface area contributed by atoms with Gasteiger partial charge in [0.2, 0.25) is 15.9 Å². The first-order chi connectivity index (χ1) is 16.8. The van der Waals surface area contributed by atoms with Gasteiger partial charge in [-0.05, 0) is 60.5 Å². The number of benzene rings is 3. The average molecular weight is 560 g/mol.